The molecule has 0 amide bonds. The van der Waals surface area contributed by atoms with Gasteiger partial charge in [-0.1, -0.05) is 0 Å². The smallest absolute Gasteiger partial charge is 0.206 e. The van der Waals surface area contributed by atoms with E-state index in [0.717, 1.165) is 24.2 Å². The number of carbonyl (C=O) groups is 1. The lowest BCUT2D eigenvalue weighted by Crippen LogP contribution is -2.25. The average molecular weight is 337 g/mol. The van der Waals surface area contributed by atoms with E-state index in [1.54, 1.807) is 13.0 Å². The van der Waals surface area contributed by atoms with Gasteiger partial charge in [-0.25, -0.2) is 9.97 Å². The second kappa shape index (κ2) is 6.07. The van der Waals surface area contributed by atoms with Crippen LogP contribution in [-0.2, 0) is 5.54 Å². The molecule has 0 aromatic carbocycles. The lowest BCUT2D eigenvalue weighted by molar-refractivity contribution is 0.0971. The van der Waals surface area contributed by atoms with Crippen LogP contribution >= 0.6 is 0 Å². The van der Waals surface area contributed by atoms with Gasteiger partial charge in [0.2, 0.25) is 5.78 Å². The zero-order valence-corrected chi connectivity index (χ0v) is 15.4. The van der Waals surface area contributed by atoms with Gasteiger partial charge in [-0.3, -0.25) is 9.48 Å². The summed E-state index contributed by atoms with van der Waals surface area (Å²) in [6.45, 7) is 9.79. The van der Waals surface area contributed by atoms with Crippen molar-refractivity contribution in [2.24, 2.45) is 0 Å². The summed E-state index contributed by atoms with van der Waals surface area (Å²) in [5.41, 5.74) is 2.41. The average Bonchev–Trinajstić information content (AvgIpc) is 3.24. The lowest BCUT2D eigenvalue weighted by Gasteiger charge is -2.22. The predicted molar refractivity (Wildman–Crippen MR) is 93.4 cm³/mol. The summed E-state index contributed by atoms with van der Waals surface area (Å²) < 4.78 is 1.93. The molecule has 0 saturated heterocycles. The van der Waals surface area contributed by atoms with Crippen molar-refractivity contribution >= 4 is 5.78 Å². The maximum atomic E-state index is 13.0. The molecule has 0 aliphatic heterocycles. The third-order valence-electron chi connectivity index (χ3n) is 4.29. The number of nitriles is 1. The Kier molecular flexibility index (Phi) is 4.19. The van der Waals surface area contributed by atoms with Crippen LogP contribution in [0.15, 0.2) is 12.1 Å². The number of nitrogens with zero attached hydrogens (tertiary/aromatic N) is 5. The SMILES string of the molecule is Cc1cc([C@H](C#N)C(=O)c2cc(C3CC3)n(C(C)(C)C)n2)nc(C)n1. The third-order valence-corrected chi connectivity index (χ3v) is 4.29. The number of carbonyl (C=O) groups excluding carboxylic acids is 1. The fraction of sp³-hybridized carbons (Fsp3) is 0.526. The van der Waals surface area contributed by atoms with Crippen molar-refractivity contribution in [2.45, 2.75) is 64.8 Å². The highest BCUT2D eigenvalue weighted by Crippen LogP contribution is 2.42. The van der Waals surface area contributed by atoms with Crippen LogP contribution in [0.25, 0.3) is 0 Å². The fourth-order valence-corrected chi connectivity index (χ4v) is 3.02. The number of hydrogen-bond donors (Lipinski definition) is 0. The van der Waals surface area contributed by atoms with Gasteiger partial charge in [0.1, 0.15) is 11.5 Å². The molecular weight excluding hydrogens is 314 g/mol. The van der Waals surface area contributed by atoms with Crippen molar-refractivity contribution in [3.05, 3.63) is 40.7 Å². The number of aryl methyl sites for hydroxylation is 2. The molecule has 3 rings (SSSR count). The molecule has 2 heterocycles. The molecule has 0 unspecified atom stereocenters. The Morgan fingerprint density at radius 2 is 1.96 bits per heavy atom. The van der Waals surface area contributed by atoms with E-state index < -0.39 is 5.92 Å². The number of aromatic nitrogens is 4. The topological polar surface area (TPSA) is 84.5 Å². The van der Waals surface area contributed by atoms with Crippen LogP contribution < -0.4 is 0 Å². The number of Topliss-reactive ketones (excluding diaryl/α,β-unsaturated/α-hetero) is 1. The number of ketones is 1. The van der Waals surface area contributed by atoms with E-state index in [9.17, 15) is 10.1 Å². The Morgan fingerprint density at radius 3 is 2.48 bits per heavy atom. The van der Waals surface area contributed by atoms with Gasteiger partial charge >= 0.3 is 0 Å². The monoisotopic (exact) mass is 337 g/mol. The Labute approximate surface area is 147 Å². The highest BCUT2D eigenvalue weighted by Gasteiger charge is 2.34. The predicted octanol–water partition coefficient (Wildman–Crippen LogP) is 3.41. The van der Waals surface area contributed by atoms with Crippen molar-refractivity contribution in [1.29, 1.82) is 5.26 Å². The Bertz CT molecular complexity index is 845. The summed E-state index contributed by atoms with van der Waals surface area (Å²) in [7, 11) is 0. The maximum absolute atomic E-state index is 13.0. The largest absolute Gasteiger partial charge is 0.290 e. The van der Waals surface area contributed by atoms with E-state index in [0.29, 0.717) is 23.1 Å². The molecule has 1 fully saturated rings. The minimum atomic E-state index is -0.962. The fourth-order valence-electron chi connectivity index (χ4n) is 3.02. The lowest BCUT2D eigenvalue weighted by atomic mass is 9.98. The molecule has 2 aromatic heterocycles. The standard InChI is InChI=1S/C19H23N5O/c1-11-8-15(22-12(2)21-11)14(10-20)18(25)16-9-17(13-6-7-13)24(23-16)19(3,4)5/h8-9,13-14H,6-7H2,1-5H3/t14-/m0/s1. The van der Waals surface area contributed by atoms with E-state index in [1.807, 2.05) is 17.7 Å². The molecule has 0 N–H and O–H groups in total. The molecule has 0 bridgehead atoms. The molecule has 1 aliphatic rings. The molecule has 1 atom stereocenters. The van der Waals surface area contributed by atoms with Crippen LogP contribution in [0.2, 0.25) is 0 Å². The Hall–Kier alpha value is -2.55. The molecule has 1 saturated carbocycles. The molecule has 1 aliphatic carbocycles. The summed E-state index contributed by atoms with van der Waals surface area (Å²) in [5, 5.41) is 14.1. The highest BCUT2D eigenvalue weighted by atomic mass is 16.1. The second-order valence-electron chi connectivity index (χ2n) is 7.72. The molecule has 2 aromatic rings. The van der Waals surface area contributed by atoms with Crippen LogP contribution in [-0.4, -0.2) is 25.5 Å². The first-order valence-electron chi connectivity index (χ1n) is 8.57. The quantitative estimate of drug-likeness (QED) is 0.798. The van der Waals surface area contributed by atoms with Gasteiger partial charge in [0, 0.05) is 17.3 Å². The van der Waals surface area contributed by atoms with Crippen molar-refractivity contribution < 1.29 is 4.79 Å². The van der Waals surface area contributed by atoms with Gasteiger partial charge < -0.3 is 0 Å². The normalized spacial score (nSPS) is 15.7. The third kappa shape index (κ3) is 3.46. The van der Waals surface area contributed by atoms with Crippen LogP contribution in [0.1, 0.15) is 78.8 Å². The zero-order valence-electron chi connectivity index (χ0n) is 15.4. The minimum Gasteiger partial charge on any atom is -0.290 e. The van der Waals surface area contributed by atoms with Gasteiger partial charge in [0.15, 0.2) is 5.92 Å². The summed E-state index contributed by atoms with van der Waals surface area (Å²) >= 11 is 0. The molecule has 0 spiro atoms. The Balaban J connectivity index is 2.00. The molecule has 0 radical (unpaired) electrons. The van der Waals surface area contributed by atoms with Gasteiger partial charge in [0.05, 0.1) is 17.3 Å². The molecule has 130 valence electrons. The van der Waals surface area contributed by atoms with Crippen LogP contribution in [0.5, 0.6) is 0 Å². The minimum absolute atomic E-state index is 0.208. The van der Waals surface area contributed by atoms with Crippen LogP contribution in [0.3, 0.4) is 0 Å². The molecular formula is C19H23N5O. The number of rotatable bonds is 4. The van der Waals surface area contributed by atoms with Gasteiger partial charge in [-0.05, 0) is 59.6 Å². The van der Waals surface area contributed by atoms with Crippen molar-refractivity contribution in [3.63, 3.8) is 0 Å². The van der Waals surface area contributed by atoms with Crippen molar-refractivity contribution in [1.82, 2.24) is 19.7 Å². The highest BCUT2D eigenvalue weighted by molar-refractivity contribution is 6.01. The van der Waals surface area contributed by atoms with Crippen molar-refractivity contribution in [3.8, 4) is 6.07 Å². The molecule has 25 heavy (non-hydrogen) atoms. The van der Waals surface area contributed by atoms with Gasteiger partial charge in [0.25, 0.3) is 0 Å². The summed E-state index contributed by atoms with van der Waals surface area (Å²) in [6.07, 6.45) is 2.25. The molecule has 6 heteroatoms. The molecule has 6 nitrogen and oxygen atoms in total. The zero-order chi connectivity index (χ0) is 18.4. The van der Waals surface area contributed by atoms with Crippen molar-refractivity contribution in [2.75, 3.05) is 0 Å². The van der Waals surface area contributed by atoms with Crippen LogP contribution in [0.4, 0.5) is 0 Å². The second-order valence-corrected chi connectivity index (χ2v) is 7.72. The first kappa shape index (κ1) is 17.3. The van der Waals surface area contributed by atoms with Gasteiger partial charge in [-0.2, -0.15) is 10.4 Å². The first-order valence-corrected chi connectivity index (χ1v) is 8.57. The summed E-state index contributed by atoms with van der Waals surface area (Å²) in [6, 6.07) is 5.65. The van der Waals surface area contributed by atoms with E-state index >= 15 is 0 Å². The van der Waals surface area contributed by atoms with E-state index in [2.05, 4.69) is 41.9 Å². The summed E-state index contributed by atoms with van der Waals surface area (Å²) in [5.74, 6) is -0.236. The first-order chi connectivity index (χ1) is 11.7. The maximum Gasteiger partial charge on any atom is 0.206 e. The van der Waals surface area contributed by atoms with E-state index in [-0.39, 0.29) is 11.3 Å². The van der Waals surface area contributed by atoms with Crippen LogP contribution in [0, 0.1) is 25.2 Å². The summed E-state index contributed by atoms with van der Waals surface area (Å²) in [4.78, 5) is 21.5. The van der Waals surface area contributed by atoms with E-state index in [4.69, 9.17) is 0 Å². The number of hydrogen-bond acceptors (Lipinski definition) is 5. The van der Waals surface area contributed by atoms with Gasteiger partial charge in [-0.15, -0.1) is 0 Å². The van der Waals surface area contributed by atoms with E-state index in [1.165, 1.54) is 0 Å². The Morgan fingerprint density at radius 1 is 1.28 bits per heavy atom.